The molecule has 12 heteroatoms. The number of nitrogens with zero attached hydrogens (tertiary/aromatic N) is 3. The molecule has 0 saturated heterocycles. The normalized spacial score (nSPS) is 13.1. The summed E-state index contributed by atoms with van der Waals surface area (Å²) in [6.07, 6.45) is 0. The van der Waals surface area contributed by atoms with Gasteiger partial charge in [-0.15, -0.1) is 22.7 Å². The summed E-state index contributed by atoms with van der Waals surface area (Å²) in [4.78, 5) is 4.54. The molecule has 5 aromatic carbocycles. The zero-order chi connectivity index (χ0) is 39.0. The topological polar surface area (TPSA) is 124 Å². The zero-order valence-electron chi connectivity index (χ0n) is 30.0. The van der Waals surface area contributed by atoms with Crippen LogP contribution in [0.3, 0.4) is 0 Å². The first kappa shape index (κ1) is 36.7. The molecule has 0 bridgehead atoms. The van der Waals surface area contributed by atoms with Crippen LogP contribution in [0.1, 0.15) is 4.88 Å². The first-order valence-electron chi connectivity index (χ1n) is 17.3. The number of hydrogen-bond donors (Lipinski definition) is 1. The lowest BCUT2D eigenvalue weighted by Gasteiger charge is -2.30. The highest BCUT2D eigenvalue weighted by Crippen LogP contribution is 2.45. The summed E-state index contributed by atoms with van der Waals surface area (Å²) in [6.45, 7) is 0. The van der Waals surface area contributed by atoms with E-state index >= 15 is 0 Å². The van der Waals surface area contributed by atoms with Gasteiger partial charge in [-0.3, -0.25) is 4.55 Å². The van der Waals surface area contributed by atoms with Gasteiger partial charge in [-0.25, -0.2) is 0 Å². The molecule has 0 atom stereocenters. The Morgan fingerprint density at radius 1 is 0.643 bits per heavy atom. The second-order valence-electron chi connectivity index (χ2n) is 12.9. The quantitative estimate of drug-likeness (QED) is 0.0840. The van der Waals surface area contributed by atoms with E-state index in [4.69, 9.17) is 9.47 Å². The Bertz CT molecular complexity index is 2720. The second kappa shape index (κ2) is 14.8. The molecule has 1 aliphatic rings. The molecule has 3 heterocycles. The van der Waals surface area contributed by atoms with Crippen molar-refractivity contribution in [3.63, 3.8) is 0 Å². The van der Waals surface area contributed by atoms with Crippen LogP contribution in [0.15, 0.2) is 150 Å². The molecule has 1 aliphatic heterocycles. The largest absolute Gasteiger partial charge is 0.497 e. The number of thiophene rings is 2. The highest BCUT2D eigenvalue weighted by molar-refractivity contribution is 7.90. The maximum absolute atomic E-state index is 12.2. The third-order valence-electron chi connectivity index (χ3n) is 9.91. The van der Waals surface area contributed by atoms with Gasteiger partial charge in [-0.05, 0) is 99.1 Å². The monoisotopic (exact) mass is 805 g/mol. The number of allylic oxidation sites excluding steroid dienone is 2. The number of nitriles is 2. The third kappa shape index (κ3) is 6.20. The van der Waals surface area contributed by atoms with Gasteiger partial charge in [0.2, 0.25) is 0 Å². The fourth-order valence-corrected chi connectivity index (χ4v) is 16.8. The summed E-state index contributed by atoms with van der Waals surface area (Å²) in [6, 6.07) is 52.5. The first-order valence-corrected chi connectivity index (χ1v) is 22.4. The number of methoxy groups -OCH3 is 2. The molecule has 0 fully saturated rings. The molecule has 2 aromatic heterocycles. The smallest absolute Gasteiger partial charge is 0.306 e. The van der Waals surface area contributed by atoms with Crippen molar-refractivity contribution in [2.45, 2.75) is 0 Å². The number of rotatable bonds is 10. The molecule has 8 nitrogen and oxygen atoms in total. The van der Waals surface area contributed by atoms with E-state index in [1.54, 1.807) is 31.6 Å². The van der Waals surface area contributed by atoms with Crippen LogP contribution in [0.4, 0.5) is 17.1 Å². The van der Waals surface area contributed by atoms with Crippen LogP contribution >= 0.6 is 22.7 Å². The van der Waals surface area contributed by atoms with E-state index in [-0.39, 0.29) is 5.57 Å². The van der Waals surface area contributed by atoms with Crippen molar-refractivity contribution in [1.29, 1.82) is 10.5 Å². The van der Waals surface area contributed by atoms with Crippen LogP contribution in [0.2, 0.25) is 0 Å². The summed E-state index contributed by atoms with van der Waals surface area (Å²) in [7, 11) is -4.68. The average Bonchev–Trinajstić information content (AvgIpc) is 3.93. The standard InChI is InChI=1S/C44H31N3O5S3Si/c1-51-33-21-17-31(18-22-33)47(32-19-23-34(52-2)24-20-32)30-15-13-29(14-16-30)38-25-41-43(53-38)44-42(26-39(54-44)37(27-45)40(28-46)55(48,49)50)56(41,35-9-5-3-6-10-35)36-11-7-4-8-12-36/h3-26H,1-2H3,(H,48,49,50)/b40-37-. The van der Waals surface area contributed by atoms with Crippen molar-refractivity contribution in [2.24, 2.45) is 0 Å². The summed E-state index contributed by atoms with van der Waals surface area (Å²) < 4.78 is 45.2. The number of fused-ring (bicyclic) bond motifs is 3. The van der Waals surface area contributed by atoms with Crippen molar-refractivity contribution >= 4 is 84.2 Å². The molecule has 0 aliphatic carbocycles. The van der Waals surface area contributed by atoms with Crippen molar-refractivity contribution in [2.75, 3.05) is 19.1 Å². The molecular formula is C44H31N3O5S3Si. The number of hydrogen-bond acceptors (Lipinski definition) is 9. The molecule has 0 saturated carbocycles. The minimum Gasteiger partial charge on any atom is -0.497 e. The minimum atomic E-state index is -4.94. The van der Waals surface area contributed by atoms with Crippen LogP contribution in [-0.4, -0.2) is 35.3 Å². The predicted molar refractivity (Wildman–Crippen MR) is 228 cm³/mol. The lowest BCUT2D eigenvalue weighted by atomic mass is 10.1. The highest BCUT2D eigenvalue weighted by Gasteiger charge is 2.51. The minimum absolute atomic E-state index is 0.317. The summed E-state index contributed by atoms with van der Waals surface area (Å²) in [5, 5.41) is 24.4. The molecule has 8 rings (SSSR count). The van der Waals surface area contributed by atoms with E-state index in [0.717, 1.165) is 64.3 Å². The van der Waals surface area contributed by atoms with Crippen LogP contribution < -0.4 is 35.1 Å². The Kier molecular flexibility index (Phi) is 9.68. The summed E-state index contributed by atoms with van der Waals surface area (Å²) in [5.41, 5.74) is 3.53. The summed E-state index contributed by atoms with van der Waals surface area (Å²) >= 11 is 2.93. The van der Waals surface area contributed by atoms with Crippen LogP contribution in [0.5, 0.6) is 11.5 Å². The molecule has 274 valence electrons. The second-order valence-corrected chi connectivity index (χ2v) is 20.1. The van der Waals surface area contributed by atoms with E-state index in [1.165, 1.54) is 16.5 Å². The van der Waals surface area contributed by atoms with E-state index in [1.807, 2.05) is 97.1 Å². The van der Waals surface area contributed by atoms with Gasteiger partial charge in [0.1, 0.15) is 29.2 Å². The van der Waals surface area contributed by atoms with Crippen LogP contribution in [-0.2, 0) is 10.1 Å². The number of benzene rings is 5. The van der Waals surface area contributed by atoms with Gasteiger partial charge in [-0.1, -0.05) is 72.8 Å². The fourth-order valence-electron chi connectivity index (χ4n) is 7.40. The molecule has 0 unspecified atom stereocenters. The lowest BCUT2D eigenvalue weighted by Crippen LogP contribution is -2.72. The first-order chi connectivity index (χ1) is 27.2. The Hall–Kier alpha value is -6.25. The van der Waals surface area contributed by atoms with Gasteiger partial charge in [0.25, 0.3) is 0 Å². The third-order valence-corrected chi connectivity index (χ3v) is 18.4. The van der Waals surface area contributed by atoms with E-state index in [2.05, 4.69) is 59.5 Å². The Morgan fingerprint density at radius 3 is 1.55 bits per heavy atom. The van der Waals surface area contributed by atoms with Gasteiger partial charge >= 0.3 is 10.1 Å². The van der Waals surface area contributed by atoms with Gasteiger partial charge in [-0.2, -0.15) is 18.9 Å². The fraction of sp³-hybridized carbons (Fsp3) is 0.0455. The SMILES string of the molecule is COc1ccc(N(c2ccc(OC)cc2)c2ccc(-c3cc4c(s3)-c3sc(/C(C#N)=C(/C#N)S(=O)(=O)O)cc3[Si]4(c3ccccc3)c3ccccc3)cc2)cc1. The maximum atomic E-state index is 12.2. The molecule has 0 amide bonds. The Labute approximate surface area is 333 Å². The van der Waals surface area contributed by atoms with Crippen molar-refractivity contribution in [3.8, 4) is 43.8 Å². The highest BCUT2D eigenvalue weighted by atomic mass is 32.2. The van der Waals surface area contributed by atoms with Gasteiger partial charge in [0.15, 0.2) is 13.0 Å². The van der Waals surface area contributed by atoms with Crippen molar-refractivity contribution in [3.05, 3.63) is 155 Å². The van der Waals surface area contributed by atoms with E-state index in [9.17, 15) is 23.5 Å². The Morgan fingerprint density at radius 2 is 1.11 bits per heavy atom. The van der Waals surface area contributed by atoms with Crippen molar-refractivity contribution < 1.29 is 22.4 Å². The van der Waals surface area contributed by atoms with Gasteiger partial charge < -0.3 is 14.4 Å². The maximum Gasteiger partial charge on any atom is 0.306 e. The van der Waals surface area contributed by atoms with Crippen LogP contribution in [0, 0.1) is 22.7 Å². The molecule has 56 heavy (non-hydrogen) atoms. The van der Waals surface area contributed by atoms with E-state index < -0.39 is 23.1 Å². The zero-order valence-corrected chi connectivity index (χ0v) is 33.5. The Balaban J connectivity index is 1.30. The number of ether oxygens (including phenoxy) is 2. The molecule has 7 aromatic rings. The van der Waals surface area contributed by atoms with Gasteiger partial charge in [0, 0.05) is 36.6 Å². The van der Waals surface area contributed by atoms with Crippen LogP contribution in [0.25, 0.3) is 25.8 Å². The van der Waals surface area contributed by atoms with Crippen molar-refractivity contribution in [1.82, 2.24) is 0 Å². The van der Waals surface area contributed by atoms with E-state index in [0.29, 0.717) is 4.88 Å². The lowest BCUT2D eigenvalue weighted by molar-refractivity contribution is 0.415. The molecule has 0 spiro atoms. The molecule has 0 radical (unpaired) electrons. The molecule has 1 N–H and O–H groups in total. The number of anilines is 3. The van der Waals surface area contributed by atoms with Gasteiger partial charge in [0.05, 0.1) is 14.2 Å². The predicted octanol–water partition coefficient (Wildman–Crippen LogP) is 7.97. The molecular weight excluding hydrogens is 775 g/mol. The average molecular weight is 806 g/mol. The summed E-state index contributed by atoms with van der Waals surface area (Å²) in [5.74, 6) is 1.53.